The van der Waals surface area contributed by atoms with E-state index in [1.165, 1.54) is 10.5 Å². The molecule has 1 fully saturated rings. The van der Waals surface area contributed by atoms with Gasteiger partial charge in [0.2, 0.25) is 0 Å². The van der Waals surface area contributed by atoms with E-state index in [0.717, 1.165) is 61.8 Å². The second kappa shape index (κ2) is 14.9. The molecule has 0 bridgehead atoms. The third-order valence-corrected chi connectivity index (χ3v) is 8.44. The smallest absolute Gasteiger partial charge is 0.420 e. The number of aryl methyl sites for hydroxylation is 1. The highest BCUT2D eigenvalue weighted by atomic mass is 16.6. The quantitative estimate of drug-likeness (QED) is 0.185. The zero-order valence-corrected chi connectivity index (χ0v) is 29.5. The van der Waals surface area contributed by atoms with Crippen molar-refractivity contribution in [2.75, 3.05) is 4.90 Å². The molecular formula is C39H50N4O5. The molecule has 0 radical (unpaired) electrons. The van der Waals surface area contributed by atoms with Crippen molar-refractivity contribution >= 4 is 29.8 Å². The average Bonchev–Trinajstić information content (AvgIpc) is 3.33. The van der Waals surface area contributed by atoms with Crippen molar-refractivity contribution in [1.82, 2.24) is 9.97 Å². The highest BCUT2D eigenvalue weighted by molar-refractivity contribution is 5.97. The average molecular weight is 655 g/mol. The van der Waals surface area contributed by atoms with Gasteiger partial charge in [-0.05, 0) is 141 Å². The maximum absolute atomic E-state index is 13.7. The summed E-state index contributed by atoms with van der Waals surface area (Å²) in [6, 6.07) is 15.7. The van der Waals surface area contributed by atoms with Crippen molar-refractivity contribution in [3.05, 3.63) is 65.9 Å². The predicted molar refractivity (Wildman–Crippen MR) is 189 cm³/mol. The summed E-state index contributed by atoms with van der Waals surface area (Å²) >= 11 is 0. The van der Waals surface area contributed by atoms with Gasteiger partial charge in [-0.1, -0.05) is 18.2 Å². The zero-order valence-electron chi connectivity index (χ0n) is 29.5. The van der Waals surface area contributed by atoms with Gasteiger partial charge in [0.25, 0.3) is 0 Å². The Balaban J connectivity index is 1.34. The number of aliphatic imine (C=N–C) groups is 1. The van der Waals surface area contributed by atoms with Gasteiger partial charge in [-0.15, -0.1) is 0 Å². The third kappa shape index (κ3) is 9.87. The van der Waals surface area contributed by atoms with Crippen LogP contribution in [-0.2, 0) is 20.7 Å². The number of hydrogen-bond donors (Lipinski definition) is 0. The number of esters is 1. The number of hydrogen-bond acceptors (Lipinski definition) is 8. The van der Waals surface area contributed by atoms with E-state index in [1.54, 1.807) is 12.3 Å². The van der Waals surface area contributed by atoms with E-state index >= 15 is 0 Å². The van der Waals surface area contributed by atoms with Gasteiger partial charge < -0.3 is 14.2 Å². The van der Waals surface area contributed by atoms with Crippen molar-refractivity contribution in [2.24, 2.45) is 10.9 Å². The molecule has 48 heavy (non-hydrogen) atoms. The molecule has 2 aromatic carbocycles. The summed E-state index contributed by atoms with van der Waals surface area (Å²) in [6.07, 6.45) is 10.1. The van der Waals surface area contributed by atoms with Gasteiger partial charge >= 0.3 is 12.1 Å². The van der Waals surface area contributed by atoms with Gasteiger partial charge in [-0.25, -0.2) is 19.7 Å². The lowest BCUT2D eigenvalue weighted by Gasteiger charge is -2.27. The van der Waals surface area contributed by atoms with E-state index < -0.39 is 17.3 Å². The Hall–Kier alpha value is -4.27. The molecule has 1 amide bonds. The van der Waals surface area contributed by atoms with Gasteiger partial charge in [0, 0.05) is 30.4 Å². The molecule has 9 heteroatoms. The molecule has 256 valence electrons. The van der Waals surface area contributed by atoms with Crippen molar-refractivity contribution in [3.63, 3.8) is 0 Å². The van der Waals surface area contributed by atoms with Crippen LogP contribution in [0.3, 0.4) is 0 Å². The SMILES string of the molecule is C[C@@H]1CCc2ccc(N(C(=O)OC(C)(C)C)c3ccnc(-c4cccc(OC5CCCC(CC(=O)OC(C)(C)C)CC5)c4)n3)cc2C=N1. The minimum atomic E-state index is -0.701. The predicted octanol–water partition coefficient (Wildman–Crippen LogP) is 9.03. The highest BCUT2D eigenvalue weighted by Gasteiger charge is 2.28. The topological polar surface area (TPSA) is 103 Å². The molecule has 9 nitrogen and oxygen atoms in total. The molecule has 2 aliphatic rings. The Morgan fingerprint density at radius 2 is 1.69 bits per heavy atom. The van der Waals surface area contributed by atoms with Crippen molar-refractivity contribution < 1.29 is 23.8 Å². The molecule has 1 aliphatic heterocycles. The maximum Gasteiger partial charge on any atom is 0.420 e. The number of fused-ring (bicyclic) bond motifs is 1. The van der Waals surface area contributed by atoms with E-state index in [9.17, 15) is 9.59 Å². The number of benzene rings is 2. The number of nitrogens with zero attached hydrogens (tertiary/aromatic N) is 4. The van der Waals surface area contributed by atoms with Crippen LogP contribution in [0.25, 0.3) is 11.4 Å². The third-order valence-electron chi connectivity index (χ3n) is 8.44. The maximum atomic E-state index is 13.7. The largest absolute Gasteiger partial charge is 0.490 e. The van der Waals surface area contributed by atoms with Crippen LogP contribution in [0.1, 0.15) is 105 Å². The van der Waals surface area contributed by atoms with E-state index in [1.807, 2.05) is 84.2 Å². The Labute approximate surface area is 285 Å². The number of carbonyl (C=O) groups excluding carboxylic acids is 2. The first kappa shape index (κ1) is 35.0. The van der Waals surface area contributed by atoms with Crippen LogP contribution in [0.2, 0.25) is 0 Å². The fourth-order valence-corrected chi connectivity index (χ4v) is 6.15. The van der Waals surface area contributed by atoms with Gasteiger partial charge in [0.05, 0.1) is 11.8 Å². The molecule has 5 rings (SSSR count). The number of amides is 1. The minimum absolute atomic E-state index is 0.0542. The summed E-state index contributed by atoms with van der Waals surface area (Å²) in [4.78, 5) is 41.7. The van der Waals surface area contributed by atoms with E-state index in [0.29, 0.717) is 29.7 Å². The minimum Gasteiger partial charge on any atom is -0.490 e. The van der Waals surface area contributed by atoms with E-state index in [4.69, 9.17) is 19.2 Å². The second-order valence-electron chi connectivity index (χ2n) is 15.0. The fourth-order valence-electron chi connectivity index (χ4n) is 6.15. The van der Waals surface area contributed by atoms with Crippen molar-refractivity contribution in [1.29, 1.82) is 0 Å². The summed E-state index contributed by atoms with van der Waals surface area (Å²) in [5.41, 5.74) is 2.43. The molecule has 2 unspecified atom stereocenters. The first-order valence-electron chi connectivity index (χ1n) is 17.2. The summed E-state index contributed by atoms with van der Waals surface area (Å²) in [6.45, 7) is 13.4. The number of aromatic nitrogens is 2. The lowest BCUT2D eigenvalue weighted by atomic mass is 9.96. The summed E-state index contributed by atoms with van der Waals surface area (Å²) in [7, 11) is 0. The Morgan fingerprint density at radius 1 is 0.896 bits per heavy atom. The van der Waals surface area contributed by atoms with Gasteiger partial charge in [-0.2, -0.15) is 0 Å². The normalized spacial score (nSPS) is 19.8. The molecule has 1 saturated carbocycles. The summed E-state index contributed by atoms with van der Waals surface area (Å²) in [5.74, 6) is 1.78. The first-order chi connectivity index (χ1) is 22.7. The van der Waals surface area contributed by atoms with Crippen LogP contribution >= 0.6 is 0 Å². The number of rotatable bonds is 7. The number of carbonyl (C=O) groups is 2. The van der Waals surface area contributed by atoms with Crippen LogP contribution < -0.4 is 9.64 Å². The van der Waals surface area contributed by atoms with E-state index in [2.05, 4.69) is 23.0 Å². The van der Waals surface area contributed by atoms with Crippen LogP contribution in [0.15, 0.2) is 59.7 Å². The lowest BCUT2D eigenvalue weighted by molar-refractivity contribution is -0.156. The van der Waals surface area contributed by atoms with E-state index in [-0.39, 0.29) is 18.1 Å². The molecule has 0 N–H and O–H groups in total. The molecular weight excluding hydrogens is 604 g/mol. The number of anilines is 2. The van der Waals surface area contributed by atoms with Gasteiger partial charge in [0.15, 0.2) is 5.82 Å². The fraction of sp³-hybridized carbons (Fsp3) is 0.513. The Morgan fingerprint density at radius 3 is 2.46 bits per heavy atom. The highest BCUT2D eigenvalue weighted by Crippen LogP contribution is 2.33. The lowest BCUT2D eigenvalue weighted by Crippen LogP contribution is -2.34. The van der Waals surface area contributed by atoms with Crippen LogP contribution in [0, 0.1) is 5.92 Å². The zero-order chi connectivity index (χ0) is 34.5. The van der Waals surface area contributed by atoms with Crippen molar-refractivity contribution in [3.8, 4) is 17.1 Å². The summed E-state index contributed by atoms with van der Waals surface area (Å²) in [5, 5.41) is 0. The Kier molecular flexibility index (Phi) is 10.9. The standard InChI is InChI=1S/C39H50N4O5/c1-26-14-16-28-17-18-31(23-30(28)25-41-26)43(37(45)48-39(5,6)7)34-20-21-40-36(42-34)29-11-9-13-33(24-29)46-32-12-8-10-27(15-19-32)22-35(44)47-38(2,3)4/h9,11,13,17-18,20-21,23-27,32H,8,10,12,14-16,19,22H2,1-7H3/t26-,27?,32?/m1/s1. The molecule has 1 aromatic heterocycles. The molecule has 3 aromatic rings. The molecule has 2 heterocycles. The van der Waals surface area contributed by atoms with Crippen LogP contribution in [0.5, 0.6) is 5.75 Å². The Bertz CT molecular complexity index is 1620. The van der Waals surface area contributed by atoms with Gasteiger partial charge in [0.1, 0.15) is 22.8 Å². The molecule has 0 spiro atoms. The van der Waals surface area contributed by atoms with Gasteiger partial charge in [-0.3, -0.25) is 9.79 Å². The van der Waals surface area contributed by atoms with Crippen molar-refractivity contribution in [2.45, 2.75) is 123 Å². The second-order valence-corrected chi connectivity index (χ2v) is 15.0. The molecule has 1 aliphatic carbocycles. The molecule has 0 saturated heterocycles. The monoisotopic (exact) mass is 654 g/mol. The first-order valence-corrected chi connectivity index (χ1v) is 17.2. The van der Waals surface area contributed by atoms with Crippen LogP contribution in [-0.4, -0.2) is 51.6 Å². The number of ether oxygens (including phenoxy) is 3. The molecule has 3 atom stereocenters. The summed E-state index contributed by atoms with van der Waals surface area (Å²) < 4.78 is 17.9. The van der Waals surface area contributed by atoms with Crippen LogP contribution in [0.4, 0.5) is 16.3 Å².